The molecule has 0 N–H and O–H groups in total. The van der Waals surface area contributed by atoms with Gasteiger partial charge in [-0.25, -0.2) is 0 Å². The van der Waals surface area contributed by atoms with Crippen molar-refractivity contribution in [2.75, 3.05) is 18.5 Å². The molecular weight excluding hydrogens is 232 g/mol. The number of anilines is 1. The number of rotatable bonds is 5. The standard InChI is InChI=1S/C17H20N2/c1-3-19(2)17-9-7-15(8-10-17)5-4-6-16-11-13-18-14-12-16/h4-5,7-14H,3,6H2,1-2H3. The molecule has 0 unspecified atom stereocenters. The molecule has 0 aliphatic heterocycles. The third-order valence-corrected chi connectivity index (χ3v) is 3.22. The Bertz CT molecular complexity index is 515. The van der Waals surface area contributed by atoms with Crippen LogP contribution < -0.4 is 4.90 Å². The fourth-order valence-electron chi connectivity index (χ4n) is 1.87. The van der Waals surface area contributed by atoms with E-state index in [0.717, 1.165) is 13.0 Å². The van der Waals surface area contributed by atoms with Crippen LogP contribution in [0.4, 0.5) is 5.69 Å². The van der Waals surface area contributed by atoms with Gasteiger partial charge in [-0.3, -0.25) is 4.98 Å². The fraction of sp³-hybridized carbons (Fsp3) is 0.235. The summed E-state index contributed by atoms with van der Waals surface area (Å²) in [4.78, 5) is 6.24. The van der Waals surface area contributed by atoms with E-state index in [4.69, 9.17) is 0 Å². The Morgan fingerprint density at radius 2 is 1.74 bits per heavy atom. The second-order valence-electron chi connectivity index (χ2n) is 4.57. The minimum absolute atomic E-state index is 0.944. The quantitative estimate of drug-likeness (QED) is 0.804. The molecule has 0 amide bonds. The van der Waals surface area contributed by atoms with Gasteiger partial charge in [0.1, 0.15) is 0 Å². The number of nitrogens with zero attached hydrogens (tertiary/aromatic N) is 2. The van der Waals surface area contributed by atoms with Crippen LogP contribution in [-0.2, 0) is 6.42 Å². The molecule has 0 aliphatic carbocycles. The van der Waals surface area contributed by atoms with E-state index >= 15 is 0 Å². The smallest absolute Gasteiger partial charge is 0.0363 e. The van der Waals surface area contributed by atoms with Crippen molar-refractivity contribution in [3.8, 4) is 0 Å². The lowest BCUT2D eigenvalue weighted by Gasteiger charge is -2.16. The fourth-order valence-corrected chi connectivity index (χ4v) is 1.87. The second-order valence-corrected chi connectivity index (χ2v) is 4.57. The van der Waals surface area contributed by atoms with E-state index in [-0.39, 0.29) is 0 Å². The van der Waals surface area contributed by atoms with Gasteiger partial charge in [0.05, 0.1) is 0 Å². The molecule has 1 aromatic carbocycles. The zero-order chi connectivity index (χ0) is 13.5. The molecule has 2 aromatic rings. The Balaban J connectivity index is 1.96. The van der Waals surface area contributed by atoms with Crippen LogP contribution in [0.1, 0.15) is 18.1 Å². The molecule has 0 saturated heterocycles. The molecule has 0 spiro atoms. The summed E-state index contributed by atoms with van der Waals surface area (Å²) < 4.78 is 0. The van der Waals surface area contributed by atoms with Gasteiger partial charge in [0, 0.05) is 31.7 Å². The summed E-state index contributed by atoms with van der Waals surface area (Å²) in [6.45, 7) is 3.18. The number of benzene rings is 1. The molecule has 0 saturated carbocycles. The third-order valence-electron chi connectivity index (χ3n) is 3.22. The van der Waals surface area contributed by atoms with Crippen LogP contribution in [0.5, 0.6) is 0 Å². The first-order valence-corrected chi connectivity index (χ1v) is 6.66. The van der Waals surface area contributed by atoms with Gasteiger partial charge in [-0.1, -0.05) is 24.3 Å². The van der Waals surface area contributed by atoms with E-state index < -0.39 is 0 Å². The maximum absolute atomic E-state index is 4.02. The molecule has 0 aliphatic rings. The van der Waals surface area contributed by atoms with Gasteiger partial charge >= 0.3 is 0 Å². The molecule has 1 aromatic heterocycles. The average molecular weight is 252 g/mol. The van der Waals surface area contributed by atoms with E-state index in [9.17, 15) is 0 Å². The van der Waals surface area contributed by atoms with E-state index in [2.05, 4.69) is 60.3 Å². The van der Waals surface area contributed by atoms with Crippen molar-refractivity contribution < 1.29 is 0 Å². The van der Waals surface area contributed by atoms with Crippen LogP contribution >= 0.6 is 0 Å². The highest BCUT2D eigenvalue weighted by molar-refractivity contribution is 5.55. The molecule has 2 nitrogen and oxygen atoms in total. The lowest BCUT2D eigenvalue weighted by atomic mass is 10.1. The lowest BCUT2D eigenvalue weighted by molar-refractivity contribution is 0.968. The van der Waals surface area contributed by atoms with E-state index in [0.29, 0.717) is 0 Å². The normalized spacial score (nSPS) is 10.8. The van der Waals surface area contributed by atoms with Gasteiger partial charge in [-0.2, -0.15) is 0 Å². The Hall–Kier alpha value is -2.09. The van der Waals surface area contributed by atoms with Crippen LogP contribution in [0.3, 0.4) is 0 Å². The Morgan fingerprint density at radius 1 is 1.05 bits per heavy atom. The van der Waals surface area contributed by atoms with Crippen LogP contribution in [0.25, 0.3) is 6.08 Å². The number of hydrogen-bond acceptors (Lipinski definition) is 2. The largest absolute Gasteiger partial charge is 0.375 e. The highest BCUT2D eigenvalue weighted by atomic mass is 15.1. The SMILES string of the molecule is CCN(C)c1ccc(C=CCc2ccncc2)cc1. The molecule has 0 atom stereocenters. The summed E-state index contributed by atoms with van der Waals surface area (Å²) in [6, 6.07) is 12.7. The van der Waals surface area contributed by atoms with Crippen molar-refractivity contribution in [2.24, 2.45) is 0 Å². The highest BCUT2D eigenvalue weighted by Crippen LogP contribution is 2.14. The summed E-state index contributed by atoms with van der Waals surface area (Å²) in [7, 11) is 2.11. The van der Waals surface area contributed by atoms with E-state index in [1.165, 1.54) is 16.8 Å². The van der Waals surface area contributed by atoms with Crippen molar-refractivity contribution in [1.82, 2.24) is 4.98 Å². The summed E-state index contributed by atoms with van der Waals surface area (Å²) in [5, 5.41) is 0. The number of pyridine rings is 1. The van der Waals surface area contributed by atoms with Crippen molar-refractivity contribution in [3.05, 3.63) is 66.0 Å². The van der Waals surface area contributed by atoms with Gasteiger partial charge in [0.15, 0.2) is 0 Å². The summed E-state index contributed by atoms with van der Waals surface area (Å²) in [5.74, 6) is 0. The highest BCUT2D eigenvalue weighted by Gasteiger charge is 1.96. The van der Waals surface area contributed by atoms with Crippen molar-refractivity contribution >= 4 is 11.8 Å². The minimum atomic E-state index is 0.944. The molecular formula is C17H20N2. The number of allylic oxidation sites excluding steroid dienone is 1. The zero-order valence-corrected chi connectivity index (χ0v) is 11.6. The first-order valence-electron chi connectivity index (χ1n) is 6.66. The first-order chi connectivity index (χ1) is 9.29. The second kappa shape index (κ2) is 6.74. The topological polar surface area (TPSA) is 16.1 Å². The number of hydrogen-bond donors (Lipinski definition) is 0. The molecule has 0 radical (unpaired) electrons. The van der Waals surface area contributed by atoms with Crippen LogP contribution in [-0.4, -0.2) is 18.6 Å². The predicted molar refractivity (Wildman–Crippen MR) is 82.4 cm³/mol. The molecule has 98 valence electrons. The Labute approximate surface area is 115 Å². The number of aromatic nitrogens is 1. The van der Waals surface area contributed by atoms with E-state index in [1.807, 2.05) is 24.5 Å². The predicted octanol–water partition coefficient (Wildman–Crippen LogP) is 3.79. The van der Waals surface area contributed by atoms with Crippen LogP contribution in [0.15, 0.2) is 54.9 Å². The summed E-state index contributed by atoms with van der Waals surface area (Å²) in [5.41, 5.74) is 3.78. The van der Waals surface area contributed by atoms with Crippen LogP contribution in [0.2, 0.25) is 0 Å². The lowest BCUT2D eigenvalue weighted by Crippen LogP contribution is -2.15. The Morgan fingerprint density at radius 3 is 2.37 bits per heavy atom. The Kier molecular flexibility index (Phi) is 4.73. The maximum Gasteiger partial charge on any atom is 0.0363 e. The zero-order valence-electron chi connectivity index (χ0n) is 11.6. The molecule has 2 rings (SSSR count). The monoisotopic (exact) mass is 252 g/mol. The first kappa shape index (κ1) is 13.3. The van der Waals surface area contributed by atoms with Crippen molar-refractivity contribution in [3.63, 3.8) is 0 Å². The molecule has 0 fully saturated rings. The van der Waals surface area contributed by atoms with Gasteiger partial charge in [0.25, 0.3) is 0 Å². The van der Waals surface area contributed by atoms with Crippen molar-refractivity contribution in [1.29, 1.82) is 0 Å². The van der Waals surface area contributed by atoms with Crippen molar-refractivity contribution in [2.45, 2.75) is 13.3 Å². The molecule has 2 heteroatoms. The van der Waals surface area contributed by atoms with Gasteiger partial charge in [-0.15, -0.1) is 0 Å². The van der Waals surface area contributed by atoms with E-state index in [1.54, 1.807) is 0 Å². The van der Waals surface area contributed by atoms with Gasteiger partial charge in [-0.05, 0) is 48.7 Å². The summed E-state index contributed by atoms with van der Waals surface area (Å²) in [6.07, 6.45) is 8.96. The average Bonchev–Trinajstić information content (AvgIpc) is 2.48. The summed E-state index contributed by atoms with van der Waals surface area (Å²) >= 11 is 0. The molecule has 0 bridgehead atoms. The third kappa shape index (κ3) is 3.95. The van der Waals surface area contributed by atoms with Crippen LogP contribution in [0, 0.1) is 0 Å². The maximum atomic E-state index is 4.02. The minimum Gasteiger partial charge on any atom is -0.375 e. The molecule has 19 heavy (non-hydrogen) atoms. The molecule has 1 heterocycles. The van der Waals surface area contributed by atoms with Gasteiger partial charge < -0.3 is 4.90 Å². The van der Waals surface area contributed by atoms with Gasteiger partial charge in [0.2, 0.25) is 0 Å².